The maximum absolute atomic E-state index is 12.3. The molecular weight excluding hydrogens is 464 g/mol. The molecule has 10 nitrogen and oxygen atoms in total. The van der Waals surface area contributed by atoms with Gasteiger partial charge in [-0.15, -0.1) is 0 Å². The van der Waals surface area contributed by atoms with E-state index in [0.29, 0.717) is 44.7 Å². The van der Waals surface area contributed by atoms with Crippen LogP contribution in [0.5, 0.6) is 0 Å². The fraction of sp³-hybridized carbons (Fsp3) is 0.615. The maximum atomic E-state index is 12.3. The molecule has 0 radical (unpaired) electrons. The van der Waals surface area contributed by atoms with Crippen molar-refractivity contribution < 1.29 is 30.1 Å². The van der Waals surface area contributed by atoms with E-state index < -0.39 is 11.5 Å². The molecule has 1 aromatic rings. The molecule has 10 heteroatoms. The quantitative estimate of drug-likeness (QED) is 0.622. The van der Waals surface area contributed by atoms with Crippen molar-refractivity contribution in [2.75, 3.05) is 37.6 Å². The molecule has 0 atom stereocenters. The number of benzene rings is 1. The Kier molecular flexibility index (Phi) is 9.34. The van der Waals surface area contributed by atoms with Gasteiger partial charge in [-0.2, -0.15) is 0 Å². The number of carbonyl (C=O) groups is 4. The van der Waals surface area contributed by atoms with E-state index >= 15 is 0 Å². The standard InChI is InChI=1S/C19H26N4O4.C7H14O2.H2/c1-19(2,3)27-18(26)22-8-6-21(7-9-22)14-4-5-15-13(10-14)11-23(17(15)25)12-16(20)24;1-5-6(8)9-7(2,3)4;/h4-5,10H,6-9,11-12H2,1-3H3,(H2,20,24);5H2,1-4H3;1H. The summed E-state index contributed by atoms with van der Waals surface area (Å²) in [6, 6.07) is 5.69. The number of amides is 3. The highest BCUT2D eigenvalue weighted by Crippen LogP contribution is 2.28. The number of esters is 1. The Hall–Kier alpha value is -3.30. The smallest absolute Gasteiger partial charge is 0.410 e. The van der Waals surface area contributed by atoms with Gasteiger partial charge in [0, 0.05) is 51.8 Å². The second-order valence-electron chi connectivity index (χ2n) is 10.9. The van der Waals surface area contributed by atoms with E-state index in [-0.39, 0.29) is 31.5 Å². The summed E-state index contributed by atoms with van der Waals surface area (Å²) in [5, 5.41) is 0. The predicted octanol–water partition coefficient (Wildman–Crippen LogP) is 3.17. The number of fused-ring (bicyclic) bond motifs is 1. The largest absolute Gasteiger partial charge is 0.460 e. The average molecular weight is 507 g/mol. The minimum absolute atomic E-state index is 0. The van der Waals surface area contributed by atoms with Gasteiger partial charge in [0.15, 0.2) is 0 Å². The summed E-state index contributed by atoms with van der Waals surface area (Å²) in [6.07, 6.45) is 0.167. The van der Waals surface area contributed by atoms with Crippen molar-refractivity contribution in [3.8, 4) is 0 Å². The number of rotatable bonds is 4. The number of nitrogens with zero attached hydrogens (tertiary/aromatic N) is 3. The van der Waals surface area contributed by atoms with Crippen molar-refractivity contribution in [3.63, 3.8) is 0 Å². The summed E-state index contributed by atoms with van der Waals surface area (Å²) in [6.45, 7) is 15.8. The van der Waals surface area contributed by atoms with Crippen molar-refractivity contribution in [2.45, 2.75) is 72.6 Å². The van der Waals surface area contributed by atoms with Gasteiger partial charge >= 0.3 is 12.1 Å². The van der Waals surface area contributed by atoms with Gasteiger partial charge in [-0.25, -0.2) is 4.79 Å². The summed E-state index contributed by atoms with van der Waals surface area (Å²) in [5.74, 6) is -0.817. The zero-order valence-corrected chi connectivity index (χ0v) is 22.6. The topological polar surface area (TPSA) is 122 Å². The molecule has 36 heavy (non-hydrogen) atoms. The van der Waals surface area contributed by atoms with E-state index in [2.05, 4.69) is 4.90 Å². The molecule has 0 aromatic heterocycles. The Morgan fingerprint density at radius 2 is 1.56 bits per heavy atom. The highest BCUT2D eigenvalue weighted by Gasteiger charge is 2.30. The number of primary amides is 1. The second kappa shape index (κ2) is 11.6. The molecule has 2 aliphatic heterocycles. The number of piperazine rings is 1. The summed E-state index contributed by atoms with van der Waals surface area (Å²) >= 11 is 0. The molecule has 2 N–H and O–H groups in total. The molecule has 1 aromatic carbocycles. The molecule has 0 bridgehead atoms. The molecule has 0 aliphatic carbocycles. The van der Waals surface area contributed by atoms with Crippen molar-refractivity contribution in [2.24, 2.45) is 5.73 Å². The third-order valence-electron chi connectivity index (χ3n) is 5.32. The first kappa shape index (κ1) is 28.9. The van der Waals surface area contributed by atoms with Crippen LogP contribution >= 0.6 is 0 Å². The van der Waals surface area contributed by atoms with Gasteiger partial charge < -0.3 is 29.9 Å². The molecule has 2 heterocycles. The molecular formula is C26H42N4O6. The molecule has 1 saturated heterocycles. The predicted molar refractivity (Wildman–Crippen MR) is 139 cm³/mol. The molecule has 0 spiro atoms. The van der Waals surface area contributed by atoms with E-state index in [0.717, 1.165) is 11.3 Å². The Labute approximate surface area is 215 Å². The Morgan fingerprint density at radius 3 is 2.03 bits per heavy atom. The van der Waals surface area contributed by atoms with Crippen LogP contribution in [0.2, 0.25) is 0 Å². The zero-order valence-electron chi connectivity index (χ0n) is 22.6. The first-order chi connectivity index (χ1) is 16.6. The van der Waals surface area contributed by atoms with Gasteiger partial charge in [-0.3, -0.25) is 14.4 Å². The fourth-order valence-corrected chi connectivity index (χ4v) is 3.77. The summed E-state index contributed by atoms with van der Waals surface area (Å²) in [5.41, 5.74) is 6.90. The van der Waals surface area contributed by atoms with Crippen LogP contribution < -0.4 is 10.6 Å². The zero-order chi connectivity index (χ0) is 27.3. The van der Waals surface area contributed by atoms with Gasteiger partial charge in [0.1, 0.15) is 11.2 Å². The van der Waals surface area contributed by atoms with Crippen molar-refractivity contribution >= 4 is 29.6 Å². The lowest BCUT2D eigenvalue weighted by atomic mass is 10.1. The lowest BCUT2D eigenvalue weighted by molar-refractivity contribution is -0.154. The Bertz CT molecular complexity index is 978. The molecule has 2 aliphatic rings. The molecule has 1 fully saturated rings. The van der Waals surface area contributed by atoms with Crippen LogP contribution in [0.25, 0.3) is 0 Å². The lowest BCUT2D eigenvalue weighted by Crippen LogP contribution is -2.50. The van der Waals surface area contributed by atoms with Gasteiger partial charge in [0.2, 0.25) is 5.91 Å². The van der Waals surface area contributed by atoms with Crippen LogP contribution in [0.15, 0.2) is 18.2 Å². The van der Waals surface area contributed by atoms with E-state index in [1.54, 1.807) is 17.9 Å². The van der Waals surface area contributed by atoms with E-state index in [4.69, 9.17) is 15.2 Å². The van der Waals surface area contributed by atoms with Gasteiger partial charge in [-0.05, 0) is 65.3 Å². The minimum Gasteiger partial charge on any atom is -0.460 e. The highest BCUT2D eigenvalue weighted by molar-refractivity contribution is 6.00. The fourth-order valence-electron chi connectivity index (χ4n) is 3.77. The number of hydrogen-bond donors (Lipinski definition) is 1. The van der Waals surface area contributed by atoms with Crippen LogP contribution in [0.4, 0.5) is 10.5 Å². The molecule has 202 valence electrons. The van der Waals surface area contributed by atoms with Crippen molar-refractivity contribution in [1.82, 2.24) is 9.80 Å². The van der Waals surface area contributed by atoms with Crippen LogP contribution in [-0.2, 0) is 25.6 Å². The number of nitrogens with two attached hydrogens (primary N) is 1. The summed E-state index contributed by atoms with van der Waals surface area (Å²) < 4.78 is 10.4. The number of carbonyl (C=O) groups excluding carboxylic acids is 4. The molecule has 0 unspecified atom stereocenters. The maximum Gasteiger partial charge on any atom is 0.410 e. The third kappa shape index (κ3) is 8.73. The summed E-state index contributed by atoms with van der Waals surface area (Å²) in [4.78, 5) is 51.5. The Morgan fingerprint density at radius 1 is 0.972 bits per heavy atom. The van der Waals surface area contributed by atoms with Crippen LogP contribution in [0.3, 0.4) is 0 Å². The molecule has 3 rings (SSSR count). The minimum atomic E-state index is -0.519. The first-order valence-electron chi connectivity index (χ1n) is 12.2. The molecule has 3 amide bonds. The summed E-state index contributed by atoms with van der Waals surface area (Å²) in [7, 11) is 0. The second-order valence-corrected chi connectivity index (χ2v) is 10.9. The van der Waals surface area contributed by atoms with Crippen LogP contribution in [-0.4, -0.2) is 77.6 Å². The molecule has 0 saturated carbocycles. The first-order valence-corrected chi connectivity index (χ1v) is 12.2. The number of ether oxygens (including phenoxy) is 2. The van der Waals surface area contributed by atoms with E-state index in [1.165, 1.54) is 4.90 Å². The number of anilines is 1. The van der Waals surface area contributed by atoms with Crippen molar-refractivity contribution in [3.05, 3.63) is 29.3 Å². The van der Waals surface area contributed by atoms with E-state index in [9.17, 15) is 19.2 Å². The van der Waals surface area contributed by atoms with Crippen LogP contribution in [0.1, 0.15) is 72.2 Å². The van der Waals surface area contributed by atoms with Gasteiger partial charge in [-0.1, -0.05) is 6.92 Å². The Balaban J connectivity index is 0.000000589. The normalized spacial score (nSPS) is 15.6. The third-order valence-corrected chi connectivity index (χ3v) is 5.32. The highest BCUT2D eigenvalue weighted by atomic mass is 16.6. The average Bonchev–Trinajstić information content (AvgIpc) is 3.06. The monoisotopic (exact) mass is 506 g/mol. The van der Waals surface area contributed by atoms with Gasteiger partial charge in [0.05, 0.1) is 6.54 Å². The van der Waals surface area contributed by atoms with Gasteiger partial charge in [0.25, 0.3) is 5.91 Å². The lowest BCUT2D eigenvalue weighted by Gasteiger charge is -2.36. The SMILES string of the molecule is CC(C)(C)OC(=O)N1CCN(c2ccc3c(c2)CN(CC(N)=O)C3=O)CC1.CCC(=O)OC(C)(C)C.[HH]. The van der Waals surface area contributed by atoms with Crippen LogP contribution in [0, 0.1) is 0 Å². The van der Waals surface area contributed by atoms with Crippen molar-refractivity contribution in [1.29, 1.82) is 0 Å². The number of hydrogen-bond acceptors (Lipinski definition) is 7. The van der Waals surface area contributed by atoms with E-state index in [1.807, 2.05) is 53.7 Å².